The van der Waals surface area contributed by atoms with Gasteiger partial charge in [-0.05, 0) is 24.5 Å². The van der Waals surface area contributed by atoms with Crippen LogP contribution in [0.15, 0.2) is 54.7 Å². The van der Waals surface area contributed by atoms with Crippen LogP contribution < -0.4 is 5.32 Å². The first-order valence-electron chi connectivity index (χ1n) is 8.19. The van der Waals surface area contributed by atoms with Gasteiger partial charge >= 0.3 is 0 Å². The van der Waals surface area contributed by atoms with Crippen LogP contribution in [0.25, 0.3) is 10.9 Å². The van der Waals surface area contributed by atoms with E-state index in [4.69, 9.17) is 0 Å². The van der Waals surface area contributed by atoms with E-state index in [0.29, 0.717) is 18.5 Å². The highest BCUT2D eigenvalue weighted by molar-refractivity contribution is 5.83. The predicted molar refractivity (Wildman–Crippen MR) is 96.4 cm³/mol. The lowest BCUT2D eigenvalue weighted by molar-refractivity contribution is -0.385. The van der Waals surface area contributed by atoms with Gasteiger partial charge in [0, 0.05) is 41.7 Å². The number of aryl methyl sites for hydroxylation is 1. The first-order valence-corrected chi connectivity index (χ1v) is 8.19. The molecule has 0 aliphatic rings. The van der Waals surface area contributed by atoms with Gasteiger partial charge in [0.05, 0.1) is 4.92 Å². The molecule has 0 bridgehead atoms. The second-order valence-electron chi connectivity index (χ2n) is 5.85. The molecule has 6 nitrogen and oxygen atoms in total. The zero-order chi connectivity index (χ0) is 17.6. The molecule has 2 N–H and O–H groups in total. The van der Waals surface area contributed by atoms with Crippen LogP contribution in [0.2, 0.25) is 0 Å². The van der Waals surface area contributed by atoms with E-state index in [-0.39, 0.29) is 18.0 Å². The Balaban J connectivity index is 1.50. The number of aromatic amines is 1. The van der Waals surface area contributed by atoms with Crippen molar-refractivity contribution in [2.45, 2.75) is 19.3 Å². The summed E-state index contributed by atoms with van der Waals surface area (Å²) in [5.41, 5.74) is 2.89. The number of amides is 1. The summed E-state index contributed by atoms with van der Waals surface area (Å²) in [6, 6.07) is 14.6. The largest absolute Gasteiger partial charge is 0.361 e. The third-order valence-electron chi connectivity index (χ3n) is 4.20. The van der Waals surface area contributed by atoms with Crippen molar-refractivity contribution < 1.29 is 9.72 Å². The number of para-hydroxylation sites is 2. The third-order valence-corrected chi connectivity index (χ3v) is 4.20. The molecule has 6 heteroatoms. The number of fused-ring (bicyclic) bond motifs is 1. The molecule has 0 aliphatic carbocycles. The second-order valence-corrected chi connectivity index (χ2v) is 5.85. The van der Waals surface area contributed by atoms with E-state index in [1.54, 1.807) is 18.2 Å². The maximum Gasteiger partial charge on any atom is 0.272 e. The smallest absolute Gasteiger partial charge is 0.272 e. The zero-order valence-corrected chi connectivity index (χ0v) is 13.7. The third kappa shape index (κ3) is 4.03. The number of nitrogens with one attached hydrogen (secondary N) is 2. The molecule has 128 valence electrons. The lowest BCUT2D eigenvalue weighted by atomic mass is 10.1. The van der Waals surface area contributed by atoms with Crippen molar-refractivity contribution in [1.29, 1.82) is 0 Å². The molecule has 0 aliphatic heterocycles. The van der Waals surface area contributed by atoms with E-state index in [2.05, 4.69) is 16.4 Å². The molecule has 0 unspecified atom stereocenters. The molecule has 0 saturated carbocycles. The van der Waals surface area contributed by atoms with Crippen LogP contribution in [-0.4, -0.2) is 22.4 Å². The van der Waals surface area contributed by atoms with Crippen LogP contribution >= 0.6 is 0 Å². The van der Waals surface area contributed by atoms with E-state index >= 15 is 0 Å². The fraction of sp³-hybridized carbons (Fsp3) is 0.211. The summed E-state index contributed by atoms with van der Waals surface area (Å²) < 4.78 is 0. The summed E-state index contributed by atoms with van der Waals surface area (Å²) in [6.07, 6.45) is 3.29. The fourth-order valence-electron chi connectivity index (χ4n) is 2.91. The number of H-pyrrole nitrogens is 1. The molecule has 1 heterocycles. The Morgan fingerprint density at radius 1 is 1.04 bits per heavy atom. The standard InChI is InChI=1S/C19H19N3O3/c23-19(10-9-14-5-1-4-8-18(14)22(24)25)20-12-11-15-13-21-17-7-3-2-6-16(15)17/h1-8,13,21H,9-12H2,(H,20,23). The monoisotopic (exact) mass is 337 g/mol. The summed E-state index contributed by atoms with van der Waals surface area (Å²) >= 11 is 0. The molecule has 0 fully saturated rings. The summed E-state index contributed by atoms with van der Waals surface area (Å²) in [6.45, 7) is 0.539. The van der Waals surface area contributed by atoms with Gasteiger partial charge in [-0.25, -0.2) is 0 Å². The van der Waals surface area contributed by atoms with Gasteiger partial charge in [0.25, 0.3) is 5.69 Å². The number of rotatable bonds is 7. The number of aromatic nitrogens is 1. The Bertz CT molecular complexity index is 902. The molecule has 2 aromatic carbocycles. The molecule has 3 aromatic rings. The van der Waals surface area contributed by atoms with Crippen molar-refractivity contribution in [2.24, 2.45) is 0 Å². The average Bonchev–Trinajstić information content (AvgIpc) is 3.03. The highest BCUT2D eigenvalue weighted by atomic mass is 16.6. The van der Waals surface area contributed by atoms with Crippen molar-refractivity contribution in [3.05, 3.63) is 76.0 Å². The molecule has 0 saturated heterocycles. The van der Waals surface area contributed by atoms with E-state index in [0.717, 1.165) is 22.9 Å². The average molecular weight is 337 g/mol. The lowest BCUT2D eigenvalue weighted by Crippen LogP contribution is -2.25. The van der Waals surface area contributed by atoms with Crippen molar-refractivity contribution >= 4 is 22.5 Å². The Hall–Kier alpha value is -3.15. The maximum atomic E-state index is 12.0. The van der Waals surface area contributed by atoms with Gasteiger partial charge in [-0.1, -0.05) is 36.4 Å². The Morgan fingerprint density at radius 3 is 2.64 bits per heavy atom. The van der Waals surface area contributed by atoms with E-state index in [1.807, 2.05) is 24.4 Å². The number of carbonyl (C=O) groups is 1. The minimum absolute atomic E-state index is 0.0640. The minimum atomic E-state index is -0.412. The fourth-order valence-corrected chi connectivity index (χ4v) is 2.91. The number of nitro benzene ring substituents is 1. The normalized spacial score (nSPS) is 10.7. The van der Waals surface area contributed by atoms with Crippen LogP contribution in [0.5, 0.6) is 0 Å². The van der Waals surface area contributed by atoms with Gasteiger partial charge in [-0.15, -0.1) is 0 Å². The summed E-state index contributed by atoms with van der Waals surface area (Å²) in [5, 5.41) is 15.0. The van der Waals surface area contributed by atoms with Crippen LogP contribution in [-0.2, 0) is 17.6 Å². The van der Waals surface area contributed by atoms with E-state index < -0.39 is 4.92 Å². The van der Waals surface area contributed by atoms with Crippen LogP contribution in [0, 0.1) is 10.1 Å². The minimum Gasteiger partial charge on any atom is -0.361 e. The topological polar surface area (TPSA) is 88.0 Å². The van der Waals surface area contributed by atoms with Gasteiger partial charge in [-0.2, -0.15) is 0 Å². The Morgan fingerprint density at radius 2 is 1.80 bits per heavy atom. The van der Waals surface area contributed by atoms with Crippen molar-refractivity contribution in [2.75, 3.05) is 6.54 Å². The zero-order valence-electron chi connectivity index (χ0n) is 13.7. The van der Waals surface area contributed by atoms with Crippen LogP contribution in [0.1, 0.15) is 17.5 Å². The van der Waals surface area contributed by atoms with Gasteiger partial charge in [0.2, 0.25) is 5.91 Å². The van der Waals surface area contributed by atoms with Crippen molar-refractivity contribution in [1.82, 2.24) is 10.3 Å². The molecular formula is C19H19N3O3. The molecule has 25 heavy (non-hydrogen) atoms. The summed E-state index contributed by atoms with van der Waals surface area (Å²) in [4.78, 5) is 25.8. The molecule has 1 amide bonds. The second kappa shape index (κ2) is 7.61. The predicted octanol–water partition coefficient (Wildman–Crippen LogP) is 3.37. The maximum absolute atomic E-state index is 12.0. The highest BCUT2D eigenvalue weighted by Gasteiger charge is 2.13. The number of benzene rings is 2. The quantitative estimate of drug-likeness (QED) is 0.512. The number of nitro groups is 1. The number of nitrogens with zero attached hydrogens (tertiary/aromatic N) is 1. The lowest BCUT2D eigenvalue weighted by Gasteiger charge is -2.05. The SMILES string of the molecule is O=C(CCc1ccccc1[N+](=O)[O-])NCCc1c[nH]c2ccccc12. The first-order chi connectivity index (χ1) is 12.1. The van der Waals surface area contributed by atoms with E-state index in [1.165, 1.54) is 6.07 Å². The van der Waals surface area contributed by atoms with Crippen LogP contribution in [0.3, 0.4) is 0 Å². The molecule has 3 rings (SSSR count). The summed E-state index contributed by atoms with van der Waals surface area (Å²) in [5.74, 6) is -0.0991. The van der Waals surface area contributed by atoms with Gasteiger partial charge in [-0.3, -0.25) is 14.9 Å². The molecule has 0 spiro atoms. The molecular weight excluding hydrogens is 318 g/mol. The number of hydrogen-bond donors (Lipinski definition) is 2. The Kier molecular flexibility index (Phi) is 5.09. The van der Waals surface area contributed by atoms with E-state index in [9.17, 15) is 14.9 Å². The Labute approximate surface area is 145 Å². The highest BCUT2D eigenvalue weighted by Crippen LogP contribution is 2.19. The van der Waals surface area contributed by atoms with Gasteiger partial charge in [0.15, 0.2) is 0 Å². The van der Waals surface area contributed by atoms with Crippen molar-refractivity contribution in [3.8, 4) is 0 Å². The van der Waals surface area contributed by atoms with Crippen molar-refractivity contribution in [3.63, 3.8) is 0 Å². The molecule has 0 radical (unpaired) electrons. The first kappa shape index (κ1) is 16.7. The molecule has 1 aromatic heterocycles. The van der Waals surface area contributed by atoms with Crippen LogP contribution in [0.4, 0.5) is 5.69 Å². The number of hydrogen-bond acceptors (Lipinski definition) is 3. The molecule has 0 atom stereocenters. The summed E-state index contributed by atoms with van der Waals surface area (Å²) in [7, 11) is 0. The van der Waals surface area contributed by atoms with Gasteiger partial charge in [0.1, 0.15) is 0 Å². The number of carbonyl (C=O) groups excluding carboxylic acids is 1. The van der Waals surface area contributed by atoms with Gasteiger partial charge < -0.3 is 10.3 Å².